The molecule has 1 fully saturated rings. The van der Waals surface area contributed by atoms with Gasteiger partial charge in [-0.15, -0.1) is 0 Å². The molecule has 0 aliphatic carbocycles. The van der Waals surface area contributed by atoms with E-state index in [-0.39, 0.29) is 0 Å². The highest BCUT2D eigenvalue weighted by atomic mass is 16.5. The molecule has 3 heteroatoms. The van der Waals surface area contributed by atoms with Gasteiger partial charge in [-0.25, -0.2) is 0 Å². The molecule has 1 unspecified atom stereocenters. The molecule has 1 N–H and O–H groups in total. The molecule has 0 spiro atoms. The van der Waals surface area contributed by atoms with Crippen molar-refractivity contribution in [2.24, 2.45) is 0 Å². The third kappa shape index (κ3) is 5.28. The largest absolute Gasteiger partial charge is 0.382 e. The second kappa shape index (κ2) is 8.97. The van der Waals surface area contributed by atoms with Crippen molar-refractivity contribution in [2.45, 2.75) is 45.6 Å². The minimum absolute atomic E-state index is 0.771. The van der Waals surface area contributed by atoms with E-state index < -0.39 is 0 Å². The van der Waals surface area contributed by atoms with Crippen molar-refractivity contribution >= 4 is 0 Å². The Morgan fingerprint density at radius 2 is 2.25 bits per heavy atom. The highest BCUT2D eigenvalue weighted by Gasteiger charge is 2.22. The Balaban J connectivity index is 2.08. The molecule has 0 aromatic rings. The van der Waals surface area contributed by atoms with Gasteiger partial charge in [0.05, 0.1) is 0 Å². The SMILES string of the molecule is CCCNCC1CCCN1CCCOCC. The van der Waals surface area contributed by atoms with Gasteiger partial charge in [-0.1, -0.05) is 6.92 Å². The van der Waals surface area contributed by atoms with E-state index in [9.17, 15) is 0 Å². The first-order valence-electron chi connectivity index (χ1n) is 6.91. The summed E-state index contributed by atoms with van der Waals surface area (Å²) in [6, 6.07) is 0.771. The van der Waals surface area contributed by atoms with Gasteiger partial charge in [-0.3, -0.25) is 4.90 Å². The molecular formula is C13H28N2O. The number of likely N-dealkylation sites (tertiary alicyclic amines) is 1. The monoisotopic (exact) mass is 228 g/mol. The Labute approximate surface area is 101 Å². The van der Waals surface area contributed by atoms with E-state index in [1.807, 2.05) is 0 Å². The lowest BCUT2D eigenvalue weighted by Gasteiger charge is -2.24. The van der Waals surface area contributed by atoms with E-state index in [0.29, 0.717) is 0 Å². The maximum atomic E-state index is 5.38. The van der Waals surface area contributed by atoms with Gasteiger partial charge in [0.1, 0.15) is 0 Å². The van der Waals surface area contributed by atoms with Crippen LogP contribution in [0.4, 0.5) is 0 Å². The van der Waals surface area contributed by atoms with E-state index >= 15 is 0 Å². The lowest BCUT2D eigenvalue weighted by atomic mass is 10.2. The number of hydrogen-bond donors (Lipinski definition) is 1. The predicted octanol–water partition coefficient (Wildman–Crippen LogP) is 1.88. The number of hydrogen-bond acceptors (Lipinski definition) is 3. The van der Waals surface area contributed by atoms with Crippen LogP contribution >= 0.6 is 0 Å². The Kier molecular flexibility index (Phi) is 7.81. The first kappa shape index (κ1) is 13.9. The van der Waals surface area contributed by atoms with Crippen LogP contribution in [-0.2, 0) is 4.74 Å². The third-order valence-corrected chi connectivity index (χ3v) is 3.24. The Hall–Kier alpha value is -0.120. The fraction of sp³-hybridized carbons (Fsp3) is 1.00. The quantitative estimate of drug-likeness (QED) is 0.610. The van der Waals surface area contributed by atoms with Crippen molar-refractivity contribution in [1.82, 2.24) is 10.2 Å². The summed E-state index contributed by atoms with van der Waals surface area (Å²) in [6.07, 6.45) is 5.15. The van der Waals surface area contributed by atoms with Gasteiger partial charge >= 0.3 is 0 Å². The Bertz CT molecular complexity index is 164. The van der Waals surface area contributed by atoms with Crippen molar-refractivity contribution < 1.29 is 4.74 Å². The zero-order valence-electron chi connectivity index (χ0n) is 11.0. The van der Waals surface area contributed by atoms with Gasteiger partial charge in [0, 0.05) is 32.3 Å². The van der Waals surface area contributed by atoms with E-state index in [1.54, 1.807) is 0 Å². The zero-order valence-corrected chi connectivity index (χ0v) is 11.0. The Morgan fingerprint density at radius 3 is 3.00 bits per heavy atom. The zero-order chi connectivity index (χ0) is 11.6. The fourth-order valence-corrected chi connectivity index (χ4v) is 2.38. The summed E-state index contributed by atoms with van der Waals surface area (Å²) in [5.74, 6) is 0. The maximum absolute atomic E-state index is 5.38. The van der Waals surface area contributed by atoms with Crippen molar-refractivity contribution in [3.63, 3.8) is 0 Å². The van der Waals surface area contributed by atoms with E-state index in [1.165, 1.54) is 45.3 Å². The predicted molar refractivity (Wildman–Crippen MR) is 68.9 cm³/mol. The van der Waals surface area contributed by atoms with Crippen LogP contribution in [0, 0.1) is 0 Å². The number of ether oxygens (including phenoxy) is 1. The lowest BCUT2D eigenvalue weighted by Crippen LogP contribution is -2.38. The Morgan fingerprint density at radius 1 is 1.38 bits per heavy atom. The molecule has 0 aromatic carbocycles. The first-order chi connectivity index (χ1) is 7.88. The fourth-order valence-electron chi connectivity index (χ4n) is 2.38. The summed E-state index contributed by atoms with van der Waals surface area (Å²) in [5.41, 5.74) is 0. The van der Waals surface area contributed by atoms with Gasteiger partial charge in [-0.2, -0.15) is 0 Å². The summed E-state index contributed by atoms with van der Waals surface area (Å²) >= 11 is 0. The molecule has 0 amide bonds. The van der Waals surface area contributed by atoms with Crippen LogP contribution in [0.25, 0.3) is 0 Å². The van der Waals surface area contributed by atoms with Crippen molar-refractivity contribution in [3.05, 3.63) is 0 Å². The molecule has 1 aliphatic rings. The first-order valence-corrected chi connectivity index (χ1v) is 6.91. The smallest absolute Gasteiger partial charge is 0.0478 e. The van der Waals surface area contributed by atoms with Gasteiger partial charge in [0.15, 0.2) is 0 Å². The molecule has 0 saturated carbocycles. The highest BCUT2D eigenvalue weighted by molar-refractivity contribution is 4.80. The molecular weight excluding hydrogens is 200 g/mol. The summed E-state index contributed by atoms with van der Waals surface area (Å²) < 4.78 is 5.38. The van der Waals surface area contributed by atoms with Gasteiger partial charge in [0.25, 0.3) is 0 Å². The van der Waals surface area contributed by atoms with E-state index in [2.05, 4.69) is 24.1 Å². The molecule has 0 radical (unpaired) electrons. The van der Waals surface area contributed by atoms with Gasteiger partial charge in [0.2, 0.25) is 0 Å². The van der Waals surface area contributed by atoms with Crippen LogP contribution in [-0.4, -0.2) is 50.3 Å². The van der Waals surface area contributed by atoms with Gasteiger partial charge < -0.3 is 10.1 Å². The molecule has 96 valence electrons. The molecule has 1 rings (SSSR count). The van der Waals surface area contributed by atoms with E-state index in [0.717, 1.165) is 25.8 Å². The van der Waals surface area contributed by atoms with Crippen LogP contribution in [0.5, 0.6) is 0 Å². The normalized spacial score (nSPS) is 21.8. The number of rotatable bonds is 9. The molecule has 1 saturated heterocycles. The molecule has 1 atom stereocenters. The van der Waals surface area contributed by atoms with Crippen molar-refractivity contribution in [2.75, 3.05) is 39.4 Å². The maximum Gasteiger partial charge on any atom is 0.0478 e. The molecule has 16 heavy (non-hydrogen) atoms. The third-order valence-electron chi connectivity index (χ3n) is 3.24. The number of nitrogens with one attached hydrogen (secondary N) is 1. The lowest BCUT2D eigenvalue weighted by molar-refractivity contribution is 0.129. The molecule has 1 aliphatic heterocycles. The molecule has 3 nitrogen and oxygen atoms in total. The molecule has 0 bridgehead atoms. The minimum atomic E-state index is 0.771. The second-order valence-corrected chi connectivity index (χ2v) is 4.59. The summed E-state index contributed by atoms with van der Waals surface area (Å²) in [4.78, 5) is 2.63. The summed E-state index contributed by atoms with van der Waals surface area (Å²) in [7, 11) is 0. The number of nitrogens with zero attached hydrogens (tertiary/aromatic N) is 1. The average molecular weight is 228 g/mol. The van der Waals surface area contributed by atoms with Crippen LogP contribution in [0.1, 0.15) is 39.5 Å². The molecule has 1 heterocycles. The molecule has 0 aromatic heterocycles. The second-order valence-electron chi connectivity index (χ2n) is 4.59. The minimum Gasteiger partial charge on any atom is -0.382 e. The standard InChI is InChI=1S/C13H28N2O/c1-3-8-14-12-13-7-5-9-15(13)10-6-11-16-4-2/h13-14H,3-12H2,1-2H3. The highest BCUT2D eigenvalue weighted by Crippen LogP contribution is 2.16. The van der Waals surface area contributed by atoms with Crippen LogP contribution < -0.4 is 5.32 Å². The van der Waals surface area contributed by atoms with Crippen LogP contribution in [0.15, 0.2) is 0 Å². The van der Waals surface area contributed by atoms with Gasteiger partial charge in [-0.05, 0) is 45.7 Å². The summed E-state index contributed by atoms with van der Waals surface area (Å²) in [5, 5.41) is 3.54. The van der Waals surface area contributed by atoms with Crippen LogP contribution in [0.2, 0.25) is 0 Å². The van der Waals surface area contributed by atoms with Crippen molar-refractivity contribution in [1.29, 1.82) is 0 Å². The topological polar surface area (TPSA) is 24.5 Å². The van der Waals surface area contributed by atoms with E-state index in [4.69, 9.17) is 4.74 Å². The van der Waals surface area contributed by atoms with Crippen LogP contribution in [0.3, 0.4) is 0 Å². The van der Waals surface area contributed by atoms with Crippen molar-refractivity contribution in [3.8, 4) is 0 Å². The summed E-state index contributed by atoms with van der Waals surface area (Å²) in [6.45, 7) is 10.9. The average Bonchev–Trinajstić information content (AvgIpc) is 2.73.